The molecular formula is C18H25N3O4S. The van der Waals surface area contributed by atoms with E-state index in [1.807, 2.05) is 6.92 Å². The SMILES string of the molecule is CCNCC1=C(c2ccc([N+](=O)[O-])cc2)S(=O)(=O)N(C)C12CCCCC2. The Morgan fingerprint density at radius 2 is 1.81 bits per heavy atom. The van der Waals surface area contributed by atoms with Gasteiger partial charge in [0.1, 0.15) is 0 Å². The molecule has 142 valence electrons. The fraction of sp³-hybridized carbons (Fsp3) is 0.556. The van der Waals surface area contributed by atoms with E-state index in [0.29, 0.717) is 17.0 Å². The molecule has 1 aliphatic heterocycles. The van der Waals surface area contributed by atoms with Crippen molar-refractivity contribution in [2.45, 2.75) is 44.6 Å². The molecule has 3 rings (SSSR count). The summed E-state index contributed by atoms with van der Waals surface area (Å²) in [5.74, 6) is 0. The second-order valence-corrected chi connectivity index (χ2v) is 8.86. The van der Waals surface area contributed by atoms with Crippen LogP contribution in [-0.4, -0.2) is 43.3 Å². The minimum absolute atomic E-state index is 0.0429. The number of benzene rings is 1. The molecule has 1 N–H and O–H groups in total. The van der Waals surface area contributed by atoms with Gasteiger partial charge >= 0.3 is 0 Å². The van der Waals surface area contributed by atoms with Crippen LogP contribution in [0.3, 0.4) is 0 Å². The van der Waals surface area contributed by atoms with Gasteiger partial charge in [-0.25, -0.2) is 8.42 Å². The van der Waals surface area contributed by atoms with Crippen molar-refractivity contribution >= 4 is 20.6 Å². The van der Waals surface area contributed by atoms with Crippen LogP contribution in [0.2, 0.25) is 0 Å². The molecule has 1 heterocycles. The molecule has 8 heteroatoms. The molecule has 7 nitrogen and oxygen atoms in total. The van der Waals surface area contributed by atoms with Crippen molar-refractivity contribution in [3.8, 4) is 0 Å². The van der Waals surface area contributed by atoms with Gasteiger partial charge in [-0.2, -0.15) is 4.31 Å². The van der Waals surface area contributed by atoms with E-state index in [1.165, 1.54) is 12.1 Å². The molecule has 0 amide bonds. The second-order valence-electron chi connectivity index (χ2n) is 6.96. The summed E-state index contributed by atoms with van der Waals surface area (Å²) in [5.41, 5.74) is 0.906. The van der Waals surface area contributed by atoms with E-state index >= 15 is 0 Å². The topological polar surface area (TPSA) is 92.5 Å². The van der Waals surface area contributed by atoms with Gasteiger partial charge in [0, 0.05) is 25.7 Å². The van der Waals surface area contributed by atoms with Crippen molar-refractivity contribution in [2.24, 2.45) is 0 Å². The maximum absolute atomic E-state index is 13.3. The van der Waals surface area contributed by atoms with Crippen LogP contribution in [0.4, 0.5) is 5.69 Å². The molecule has 0 bridgehead atoms. The highest BCUT2D eigenvalue weighted by molar-refractivity contribution is 7.98. The quantitative estimate of drug-likeness (QED) is 0.627. The van der Waals surface area contributed by atoms with E-state index in [9.17, 15) is 18.5 Å². The van der Waals surface area contributed by atoms with Gasteiger partial charge in [0.15, 0.2) is 0 Å². The Morgan fingerprint density at radius 3 is 2.35 bits per heavy atom. The van der Waals surface area contributed by atoms with Crippen LogP contribution in [0.15, 0.2) is 29.8 Å². The first-order valence-electron chi connectivity index (χ1n) is 9.03. The van der Waals surface area contributed by atoms with Crippen LogP contribution < -0.4 is 5.32 Å². The van der Waals surface area contributed by atoms with Gasteiger partial charge in [-0.3, -0.25) is 10.1 Å². The number of hydrogen-bond acceptors (Lipinski definition) is 5. The van der Waals surface area contributed by atoms with E-state index in [1.54, 1.807) is 23.5 Å². The third-order valence-corrected chi connectivity index (χ3v) is 7.70. The molecule has 0 saturated heterocycles. The third-order valence-electron chi connectivity index (χ3n) is 5.63. The second kappa shape index (κ2) is 7.09. The largest absolute Gasteiger partial charge is 0.313 e. The van der Waals surface area contributed by atoms with Crippen LogP contribution in [0.1, 0.15) is 44.6 Å². The first kappa shape index (κ1) is 19.0. The van der Waals surface area contributed by atoms with Gasteiger partial charge in [-0.05, 0) is 42.7 Å². The van der Waals surface area contributed by atoms with Crippen LogP contribution in [-0.2, 0) is 10.0 Å². The van der Waals surface area contributed by atoms with E-state index < -0.39 is 20.5 Å². The molecule has 1 aromatic rings. The molecule has 0 aromatic heterocycles. The predicted molar refractivity (Wildman–Crippen MR) is 101 cm³/mol. The Bertz CT molecular complexity index is 824. The number of nitro benzene ring substituents is 1. The Labute approximate surface area is 154 Å². The van der Waals surface area contributed by atoms with E-state index in [2.05, 4.69) is 5.32 Å². The average molecular weight is 379 g/mol. The summed E-state index contributed by atoms with van der Waals surface area (Å²) in [6, 6.07) is 5.84. The van der Waals surface area contributed by atoms with Crippen molar-refractivity contribution in [3.05, 3.63) is 45.5 Å². The molecular weight excluding hydrogens is 354 g/mol. The van der Waals surface area contributed by atoms with Crippen molar-refractivity contribution in [3.63, 3.8) is 0 Å². The summed E-state index contributed by atoms with van der Waals surface area (Å²) in [7, 11) is -1.96. The highest BCUT2D eigenvalue weighted by Gasteiger charge is 2.53. The number of sulfonamides is 1. The van der Waals surface area contributed by atoms with Gasteiger partial charge in [-0.15, -0.1) is 0 Å². The minimum Gasteiger partial charge on any atom is -0.313 e. The lowest BCUT2D eigenvalue weighted by Gasteiger charge is -2.40. The van der Waals surface area contributed by atoms with E-state index in [-0.39, 0.29) is 5.69 Å². The molecule has 1 saturated carbocycles. The smallest absolute Gasteiger partial charge is 0.269 e. The monoisotopic (exact) mass is 379 g/mol. The summed E-state index contributed by atoms with van der Waals surface area (Å²) in [6.07, 6.45) is 4.77. The van der Waals surface area contributed by atoms with Gasteiger partial charge in [-0.1, -0.05) is 26.2 Å². The Morgan fingerprint density at radius 1 is 1.19 bits per heavy atom. The minimum atomic E-state index is -3.64. The third kappa shape index (κ3) is 2.95. The maximum Gasteiger partial charge on any atom is 0.269 e. The van der Waals surface area contributed by atoms with E-state index in [4.69, 9.17) is 0 Å². The normalized spacial score (nSPS) is 22.1. The molecule has 26 heavy (non-hydrogen) atoms. The number of likely N-dealkylation sites (N-methyl/N-ethyl adjacent to an activating group) is 2. The van der Waals surface area contributed by atoms with E-state index in [0.717, 1.165) is 44.2 Å². The predicted octanol–water partition coefficient (Wildman–Crippen LogP) is 2.89. The first-order chi connectivity index (χ1) is 12.3. The summed E-state index contributed by atoms with van der Waals surface area (Å²) < 4.78 is 28.1. The Kier molecular flexibility index (Phi) is 5.18. The van der Waals surface area contributed by atoms with Gasteiger partial charge in [0.05, 0.1) is 15.4 Å². The summed E-state index contributed by atoms with van der Waals surface area (Å²) in [6.45, 7) is 3.25. The molecule has 2 aliphatic rings. The lowest BCUT2D eigenvalue weighted by molar-refractivity contribution is -0.384. The molecule has 1 spiro atoms. The highest BCUT2D eigenvalue weighted by Crippen LogP contribution is 2.50. The number of nitrogens with zero attached hydrogens (tertiary/aromatic N) is 2. The number of rotatable bonds is 5. The molecule has 0 atom stereocenters. The van der Waals surface area contributed by atoms with Crippen molar-refractivity contribution in [1.29, 1.82) is 0 Å². The lowest BCUT2D eigenvalue weighted by Crippen LogP contribution is -2.48. The number of non-ortho nitro benzene ring substituents is 1. The maximum atomic E-state index is 13.3. The summed E-state index contributed by atoms with van der Waals surface area (Å²) >= 11 is 0. The Balaban J connectivity index is 2.17. The summed E-state index contributed by atoms with van der Waals surface area (Å²) in [4.78, 5) is 10.8. The van der Waals surface area contributed by atoms with Gasteiger partial charge in [0.2, 0.25) is 10.0 Å². The molecule has 1 fully saturated rings. The van der Waals surface area contributed by atoms with Crippen molar-refractivity contribution in [1.82, 2.24) is 9.62 Å². The van der Waals surface area contributed by atoms with Crippen molar-refractivity contribution in [2.75, 3.05) is 20.1 Å². The average Bonchev–Trinajstić information content (AvgIpc) is 2.79. The zero-order valence-corrected chi connectivity index (χ0v) is 16.0. The van der Waals surface area contributed by atoms with Crippen LogP contribution in [0.25, 0.3) is 4.91 Å². The van der Waals surface area contributed by atoms with Gasteiger partial charge in [0.25, 0.3) is 5.69 Å². The first-order valence-corrected chi connectivity index (χ1v) is 10.5. The standard InChI is InChI=1S/C18H25N3O4S/c1-3-19-13-16-17(14-7-9-15(10-8-14)21(22)23)26(24,25)20(2)18(16)11-5-4-6-12-18/h7-10,19H,3-6,11-13H2,1-2H3. The fourth-order valence-corrected chi connectivity index (χ4v) is 6.26. The zero-order chi connectivity index (χ0) is 18.9. The summed E-state index contributed by atoms with van der Waals surface area (Å²) in [5, 5.41) is 14.2. The number of nitro groups is 1. The fourth-order valence-electron chi connectivity index (χ4n) is 4.23. The van der Waals surface area contributed by atoms with Crippen LogP contribution in [0, 0.1) is 10.1 Å². The van der Waals surface area contributed by atoms with Crippen molar-refractivity contribution < 1.29 is 13.3 Å². The van der Waals surface area contributed by atoms with Gasteiger partial charge < -0.3 is 5.32 Å². The Hall–Kier alpha value is -1.77. The highest BCUT2D eigenvalue weighted by atomic mass is 32.2. The molecule has 0 radical (unpaired) electrons. The van der Waals surface area contributed by atoms with Crippen LogP contribution in [0.5, 0.6) is 0 Å². The number of nitrogens with one attached hydrogen (secondary N) is 1. The molecule has 0 unspecified atom stereocenters. The molecule has 1 aliphatic carbocycles. The lowest BCUT2D eigenvalue weighted by atomic mass is 9.75. The zero-order valence-electron chi connectivity index (χ0n) is 15.2. The number of hydrogen-bond donors (Lipinski definition) is 1. The van der Waals surface area contributed by atoms with Crippen LogP contribution >= 0.6 is 0 Å². The molecule has 1 aromatic carbocycles.